The number of hydrogen-bond donors (Lipinski definition) is 2. The molecule has 0 radical (unpaired) electrons. The van der Waals surface area contributed by atoms with Crippen LogP contribution >= 0.6 is 0 Å². The molecule has 3 rings (SSSR count). The molecule has 0 aromatic heterocycles. The van der Waals surface area contributed by atoms with Gasteiger partial charge < -0.3 is 15.3 Å². The second-order valence-electron chi connectivity index (χ2n) is 7.10. The third-order valence-electron chi connectivity index (χ3n) is 4.78. The van der Waals surface area contributed by atoms with Crippen molar-refractivity contribution >= 4 is 5.71 Å². The molecule has 0 spiro atoms. The Morgan fingerprint density at radius 1 is 1.00 bits per heavy atom. The summed E-state index contributed by atoms with van der Waals surface area (Å²) in [7, 11) is 0. The summed E-state index contributed by atoms with van der Waals surface area (Å²) in [6, 6.07) is 16.4. The van der Waals surface area contributed by atoms with Gasteiger partial charge in [0.15, 0.2) is 0 Å². The number of aliphatic hydroxyl groups excluding tert-OH is 1. The van der Waals surface area contributed by atoms with Crippen LogP contribution in [-0.4, -0.2) is 35.6 Å². The van der Waals surface area contributed by atoms with Crippen LogP contribution in [0.2, 0.25) is 0 Å². The molecule has 2 N–H and O–H groups in total. The van der Waals surface area contributed by atoms with E-state index < -0.39 is 6.10 Å². The molecule has 2 aromatic rings. The van der Waals surface area contributed by atoms with Crippen molar-refractivity contribution in [1.82, 2.24) is 5.32 Å². The molecule has 0 bridgehead atoms. The molecule has 0 saturated heterocycles. The summed E-state index contributed by atoms with van der Waals surface area (Å²) >= 11 is 0. The zero-order valence-electron chi connectivity index (χ0n) is 15.1. The van der Waals surface area contributed by atoms with Crippen LogP contribution in [0, 0.1) is 0 Å². The van der Waals surface area contributed by atoms with E-state index >= 15 is 0 Å². The predicted octanol–water partition coefficient (Wildman–Crippen LogP) is 3.58. The zero-order chi connectivity index (χ0) is 17.9. The van der Waals surface area contributed by atoms with Crippen LogP contribution in [0.25, 0.3) is 11.1 Å². The lowest BCUT2D eigenvalue weighted by molar-refractivity contribution is 0.0368. The van der Waals surface area contributed by atoms with Crippen molar-refractivity contribution in [3.05, 3.63) is 59.7 Å². The maximum atomic E-state index is 10.1. The van der Waals surface area contributed by atoms with Crippen LogP contribution < -0.4 is 5.32 Å². The van der Waals surface area contributed by atoms with Crippen molar-refractivity contribution in [2.45, 2.75) is 38.8 Å². The molecule has 4 heteroatoms. The second-order valence-corrected chi connectivity index (χ2v) is 7.10. The van der Waals surface area contributed by atoms with Crippen LogP contribution in [0.1, 0.15) is 38.3 Å². The molecule has 132 valence electrons. The molecule has 0 amide bonds. The number of aliphatic hydroxyl groups is 1. The van der Waals surface area contributed by atoms with Crippen LogP contribution in [-0.2, 0) is 4.84 Å². The highest BCUT2D eigenvalue weighted by Gasteiger charge is 2.24. The third-order valence-corrected chi connectivity index (χ3v) is 4.78. The minimum Gasteiger partial charge on any atom is -0.392 e. The van der Waals surface area contributed by atoms with E-state index in [2.05, 4.69) is 55.5 Å². The van der Waals surface area contributed by atoms with Gasteiger partial charge in [-0.2, -0.15) is 0 Å². The molecule has 25 heavy (non-hydrogen) atoms. The first kappa shape index (κ1) is 17.6. The summed E-state index contributed by atoms with van der Waals surface area (Å²) in [5, 5.41) is 17.8. The van der Waals surface area contributed by atoms with Crippen molar-refractivity contribution in [3.8, 4) is 11.1 Å². The molecule has 0 heterocycles. The van der Waals surface area contributed by atoms with E-state index in [0.29, 0.717) is 6.54 Å². The average Bonchev–Trinajstić information content (AvgIpc) is 2.95. The Hall–Kier alpha value is -2.17. The quantitative estimate of drug-likeness (QED) is 0.648. The van der Waals surface area contributed by atoms with Gasteiger partial charge in [0.1, 0.15) is 18.4 Å². The number of rotatable bonds is 7. The Labute approximate surface area is 149 Å². The van der Waals surface area contributed by atoms with E-state index in [0.717, 1.165) is 23.3 Å². The molecule has 0 unspecified atom stereocenters. The lowest BCUT2D eigenvalue weighted by Gasteiger charge is -2.25. The summed E-state index contributed by atoms with van der Waals surface area (Å²) in [6.45, 7) is 7.01. The fraction of sp³-hybridized carbons (Fsp3) is 0.381. The van der Waals surface area contributed by atoms with Crippen molar-refractivity contribution in [3.63, 3.8) is 0 Å². The highest BCUT2D eigenvalue weighted by Crippen LogP contribution is 2.36. The van der Waals surface area contributed by atoms with Gasteiger partial charge in [0, 0.05) is 23.2 Å². The summed E-state index contributed by atoms with van der Waals surface area (Å²) < 4.78 is 0. The summed E-state index contributed by atoms with van der Waals surface area (Å²) in [5.74, 6) is 0. The third kappa shape index (κ3) is 3.91. The number of β-amino-alcohol motifs (C(OH)–C–C–N with tert-alkyl or cyclic N) is 1. The van der Waals surface area contributed by atoms with Crippen LogP contribution in [0.3, 0.4) is 0 Å². The molecular formula is C21H26N2O2. The molecule has 4 nitrogen and oxygen atoms in total. The number of fused-ring (bicyclic) bond motifs is 3. The van der Waals surface area contributed by atoms with Gasteiger partial charge in [-0.05, 0) is 31.4 Å². The number of nitrogens with zero attached hydrogens (tertiary/aromatic N) is 1. The van der Waals surface area contributed by atoms with E-state index in [4.69, 9.17) is 4.84 Å². The molecule has 1 aliphatic rings. The van der Waals surface area contributed by atoms with E-state index in [1.807, 2.05) is 24.3 Å². The fourth-order valence-electron chi connectivity index (χ4n) is 2.86. The zero-order valence-corrected chi connectivity index (χ0v) is 15.1. The maximum absolute atomic E-state index is 10.1. The van der Waals surface area contributed by atoms with E-state index in [-0.39, 0.29) is 12.1 Å². The Kier molecular flexibility index (Phi) is 5.21. The normalized spacial score (nSPS) is 14.0. The van der Waals surface area contributed by atoms with E-state index in [1.54, 1.807) is 0 Å². The van der Waals surface area contributed by atoms with Gasteiger partial charge in [0.2, 0.25) is 0 Å². The van der Waals surface area contributed by atoms with E-state index in [9.17, 15) is 5.11 Å². The van der Waals surface area contributed by atoms with Crippen LogP contribution in [0.4, 0.5) is 0 Å². The Balaban J connectivity index is 1.68. The number of oxime groups is 1. The van der Waals surface area contributed by atoms with Gasteiger partial charge in [-0.3, -0.25) is 0 Å². The Morgan fingerprint density at radius 3 is 2.04 bits per heavy atom. The van der Waals surface area contributed by atoms with Gasteiger partial charge in [0.05, 0.1) is 0 Å². The molecule has 0 fully saturated rings. The van der Waals surface area contributed by atoms with Crippen LogP contribution in [0.5, 0.6) is 0 Å². The number of benzene rings is 2. The van der Waals surface area contributed by atoms with Crippen molar-refractivity contribution in [1.29, 1.82) is 0 Å². The number of nitrogens with one attached hydrogen (secondary N) is 1. The first-order valence-electron chi connectivity index (χ1n) is 8.84. The highest BCUT2D eigenvalue weighted by atomic mass is 16.6. The minimum atomic E-state index is -0.595. The van der Waals surface area contributed by atoms with Crippen molar-refractivity contribution < 1.29 is 9.94 Å². The van der Waals surface area contributed by atoms with Gasteiger partial charge in [-0.15, -0.1) is 0 Å². The van der Waals surface area contributed by atoms with E-state index in [1.165, 1.54) is 11.1 Å². The Bertz CT molecular complexity index is 720. The van der Waals surface area contributed by atoms with Crippen LogP contribution in [0.15, 0.2) is 53.7 Å². The monoisotopic (exact) mass is 338 g/mol. The summed E-state index contributed by atoms with van der Waals surface area (Å²) in [5.41, 5.74) is 5.34. The molecule has 2 aromatic carbocycles. The van der Waals surface area contributed by atoms with Gasteiger partial charge >= 0.3 is 0 Å². The predicted molar refractivity (Wildman–Crippen MR) is 102 cm³/mol. The Morgan fingerprint density at radius 2 is 1.52 bits per heavy atom. The number of hydrogen-bond acceptors (Lipinski definition) is 4. The topological polar surface area (TPSA) is 53.8 Å². The SMILES string of the molecule is CCC(C)(C)NC[C@H](O)CON=C1c2ccccc2-c2ccccc21. The average molecular weight is 338 g/mol. The highest BCUT2D eigenvalue weighted by molar-refractivity contribution is 6.24. The lowest BCUT2D eigenvalue weighted by Crippen LogP contribution is -2.43. The smallest absolute Gasteiger partial charge is 0.144 e. The first-order valence-corrected chi connectivity index (χ1v) is 8.84. The molecule has 0 saturated carbocycles. The van der Waals surface area contributed by atoms with Gasteiger partial charge in [0.25, 0.3) is 0 Å². The fourth-order valence-corrected chi connectivity index (χ4v) is 2.86. The largest absolute Gasteiger partial charge is 0.392 e. The lowest BCUT2D eigenvalue weighted by atomic mass is 10.0. The first-order chi connectivity index (χ1) is 12.0. The standard InChI is InChI=1S/C21H26N2O2/c1-4-21(2,3)22-13-15(24)14-25-23-20-18-11-7-5-9-16(18)17-10-6-8-12-19(17)20/h5-12,15,22,24H,4,13-14H2,1-3H3/t15-/m0/s1. The molecule has 1 aliphatic carbocycles. The van der Waals surface area contributed by atoms with Gasteiger partial charge in [-0.1, -0.05) is 60.6 Å². The molecular weight excluding hydrogens is 312 g/mol. The summed E-state index contributed by atoms with van der Waals surface area (Å²) in [4.78, 5) is 5.49. The molecule has 1 atom stereocenters. The van der Waals surface area contributed by atoms with Crippen molar-refractivity contribution in [2.75, 3.05) is 13.2 Å². The van der Waals surface area contributed by atoms with Crippen molar-refractivity contribution in [2.24, 2.45) is 5.16 Å². The summed E-state index contributed by atoms with van der Waals surface area (Å²) in [6.07, 6.45) is 0.401. The minimum absolute atomic E-state index is 0.0101. The molecule has 0 aliphatic heterocycles. The maximum Gasteiger partial charge on any atom is 0.144 e. The second kappa shape index (κ2) is 7.38. The van der Waals surface area contributed by atoms with Gasteiger partial charge in [-0.25, -0.2) is 0 Å².